The number of aromatic nitrogens is 1. The molecule has 0 aliphatic heterocycles. The van der Waals surface area contributed by atoms with Crippen molar-refractivity contribution >= 4 is 23.5 Å². The summed E-state index contributed by atoms with van der Waals surface area (Å²) in [6.45, 7) is 0. The van der Waals surface area contributed by atoms with Crippen molar-refractivity contribution in [2.45, 2.75) is 9.79 Å². The van der Waals surface area contributed by atoms with Crippen molar-refractivity contribution in [2.75, 3.05) is 0 Å². The van der Waals surface area contributed by atoms with Gasteiger partial charge in [-0.3, -0.25) is 4.79 Å². The molecule has 0 saturated heterocycles. The minimum Gasteiger partial charge on any atom is -0.502 e. The smallest absolute Gasteiger partial charge is 0.371 e. The SMILES string of the molecule is O=C(O)C(O)=CC(=O)c1[nH]ccc1Sc1ccccc1. The Hall–Kier alpha value is -2.47. The number of carboxylic acid groups (broad SMARTS) is 1. The lowest BCUT2D eigenvalue weighted by Gasteiger charge is -2.01. The van der Waals surface area contributed by atoms with E-state index in [4.69, 9.17) is 10.2 Å². The molecule has 1 heterocycles. The number of allylic oxidation sites excluding steroid dienone is 1. The summed E-state index contributed by atoms with van der Waals surface area (Å²) in [6.07, 6.45) is 2.27. The summed E-state index contributed by atoms with van der Waals surface area (Å²) in [5.74, 6) is -3.12. The van der Waals surface area contributed by atoms with Crippen LogP contribution < -0.4 is 0 Å². The van der Waals surface area contributed by atoms with Gasteiger partial charge in [-0.15, -0.1) is 0 Å². The van der Waals surface area contributed by atoms with Gasteiger partial charge in [0.25, 0.3) is 0 Å². The molecule has 2 rings (SSSR count). The Bertz CT molecular complexity index is 661. The van der Waals surface area contributed by atoms with Gasteiger partial charge >= 0.3 is 5.97 Å². The minimum atomic E-state index is -1.54. The zero-order chi connectivity index (χ0) is 14.5. The standard InChI is InChI=1S/C14H11NO4S/c16-10(8-11(17)14(18)19)13-12(6-7-15-13)20-9-4-2-1-3-5-9/h1-8,15,17H,(H,18,19). The van der Waals surface area contributed by atoms with Crippen molar-refractivity contribution in [1.29, 1.82) is 0 Å². The molecule has 20 heavy (non-hydrogen) atoms. The Balaban J connectivity index is 2.23. The first-order chi connectivity index (χ1) is 9.58. The molecule has 0 saturated carbocycles. The first-order valence-electron chi connectivity index (χ1n) is 5.66. The Morgan fingerprint density at radius 2 is 1.80 bits per heavy atom. The lowest BCUT2D eigenvalue weighted by Crippen LogP contribution is -2.04. The molecule has 1 aromatic carbocycles. The molecular formula is C14H11NO4S. The maximum Gasteiger partial charge on any atom is 0.371 e. The summed E-state index contributed by atoms with van der Waals surface area (Å²) < 4.78 is 0. The monoisotopic (exact) mass is 289 g/mol. The number of rotatable bonds is 5. The van der Waals surface area contributed by atoms with E-state index in [9.17, 15) is 9.59 Å². The quantitative estimate of drug-likeness (QED) is 0.447. The molecule has 1 aromatic heterocycles. The molecule has 0 unspecified atom stereocenters. The fourth-order valence-corrected chi connectivity index (χ4v) is 2.45. The van der Waals surface area contributed by atoms with Gasteiger partial charge in [0.05, 0.1) is 0 Å². The fourth-order valence-electron chi connectivity index (χ4n) is 1.51. The summed E-state index contributed by atoms with van der Waals surface area (Å²) in [5, 5.41) is 17.6. The van der Waals surface area contributed by atoms with E-state index in [0.717, 1.165) is 4.90 Å². The molecule has 0 fully saturated rings. The van der Waals surface area contributed by atoms with E-state index in [2.05, 4.69) is 4.98 Å². The van der Waals surface area contributed by atoms with Crippen LogP contribution in [0.15, 0.2) is 64.2 Å². The predicted octanol–water partition coefficient (Wildman–Crippen LogP) is 2.88. The maximum atomic E-state index is 11.9. The summed E-state index contributed by atoms with van der Waals surface area (Å²) in [7, 11) is 0. The zero-order valence-electron chi connectivity index (χ0n) is 10.2. The second-order valence-corrected chi connectivity index (χ2v) is 4.95. The van der Waals surface area contributed by atoms with E-state index < -0.39 is 17.5 Å². The molecule has 2 aromatic rings. The third kappa shape index (κ3) is 3.30. The lowest BCUT2D eigenvalue weighted by atomic mass is 10.2. The van der Waals surface area contributed by atoms with Crippen molar-refractivity contribution in [3.8, 4) is 0 Å². The molecule has 0 atom stereocenters. The number of aliphatic hydroxyl groups excluding tert-OH is 1. The zero-order valence-corrected chi connectivity index (χ0v) is 11.1. The maximum absolute atomic E-state index is 11.9. The van der Waals surface area contributed by atoms with Crippen LogP contribution in [-0.4, -0.2) is 26.9 Å². The minimum absolute atomic E-state index is 0.242. The Kier molecular flexibility index (Phi) is 4.27. The summed E-state index contributed by atoms with van der Waals surface area (Å²) >= 11 is 1.37. The van der Waals surface area contributed by atoms with Crippen LogP contribution in [0.25, 0.3) is 0 Å². The summed E-state index contributed by atoms with van der Waals surface area (Å²) in [4.78, 5) is 26.7. The van der Waals surface area contributed by atoms with Gasteiger partial charge in [-0.2, -0.15) is 0 Å². The van der Waals surface area contributed by atoms with E-state index in [1.54, 1.807) is 12.3 Å². The number of hydrogen-bond donors (Lipinski definition) is 3. The van der Waals surface area contributed by atoms with Crippen LogP contribution in [0.5, 0.6) is 0 Å². The highest BCUT2D eigenvalue weighted by molar-refractivity contribution is 7.99. The number of nitrogens with one attached hydrogen (secondary N) is 1. The van der Waals surface area contributed by atoms with Crippen LogP contribution in [0.3, 0.4) is 0 Å². The highest BCUT2D eigenvalue weighted by Crippen LogP contribution is 2.30. The molecule has 3 N–H and O–H groups in total. The van der Waals surface area contributed by atoms with Crippen LogP contribution in [-0.2, 0) is 4.79 Å². The van der Waals surface area contributed by atoms with Crippen molar-refractivity contribution in [1.82, 2.24) is 4.98 Å². The highest BCUT2D eigenvalue weighted by Gasteiger charge is 2.15. The van der Waals surface area contributed by atoms with E-state index in [0.29, 0.717) is 11.0 Å². The predicted molar refractivity (Wildman–Crippen MR) is 74.0 cm³/mol. The first-order valence-corrected chi connectivity index (χ1v) is 6.48. The van der Waals surface area contributed by atoms with Crippen LogP contribution in [0.4, 0.5) is 0 Å². The van der Waals surface area contributed by atoms with Gasteiger partial charge in [-0.25, -0.2) is 4.79 Å². The number of ketones is 1. The molecule has 0 aliphatic rings. The summed E-state index contributed by atoms with van der Waals surface area (Å²) in [5.41, 5.74) is 0.242. The third-order valence-corrected chi connectivity index (χ3v) is 3.48. The Labute approximate surface area is 119 Å². The van der Waals surface area contributed by atoms with Crippen LogP contribution in [0.1, 0.15) is 10.5 Å². The number of carbonyl (C=O) groups excluding carboxylic acids is 1. The number of carboxylic acids is 1. The fraction of sp³-hybridized carbons (Fsp3) is 0. The van der Waals surface area contributed by atoms with Gasteiger partial charge in [0.2, 0.25) is 11.5 Å². The second kappa shape index (κ2) is 6.12. The number of benzene rings is 1. The Morgan fingerprint density at radius 3 is 2.45 bits per heavy atom. The molecule has 5 nitrogen and oxygen atoms in total. The number of aromatic amines is 1. The lowest BCUT2D eigenvalue weighted by molar-refractivity contribution is -0.135. The Morgan fingerprint density at radius 1 is 1.10 bits per heavy atom. The molecule has 102 valence electrons. The van der Waals surface area contributed by atoms with Gasteiger partial charge in [0, 0.05) is 22.1 Å². The number of hydrogen-bond acceptors (Lipinski definition) is 4. The third-order valence-electron chi connectivity index (χ3n) is 2.41. The van der Waals surface area contributed by atoms with Crippen LogP contribution >= 0.6 is 11.8 Å². The van der Waals surface area contributed by atoms with Gasteiger partial charge in [-0.1, -0.05) is 30.0 Å². The van der Waals surface area contributed by atoms with Crippen molar-refractivity contribution < 1.29 is 19.8 Å². The molecule has 0 bridgehead atoms. The van der Waals surface area contributed by atoms with Crippen molar-refractivity contribution in [3.63, 3.8) is 0 Å². The number of aliphatic carboxylic acids is 1. The average Bonchev–Trinajstić information content (AvgIpc) is 2.88. The molecular weight excluding hydrogens is 278 g/mol. The van der Waals surface area contributed by atoms with Gasteiger partial charge in [0.1, 0.15) is 5.69 Å². The second-order valence-electron chi connectivity index (χ2n) is 3.83. The van der Waals surface area contributed by atoms with E-state index in [-0.39, 0.29) is 5.69 Å². The highest BCUT2D eigenvalue weighted by atomic mass is 32.2. The number of H-pyrrole nitrogens is 1. The van der Waals surface area contributed by atoms with Gasteiger partial charge in [0.15, 0.2) is 0 Å². The largest absolute Gasteiger partial charge is 0.502 e. The van der Waals surface area contributed by atoms with Crippen molar-refractivity contribution in [3.05, 3.63) is 60.1 Å². The van der Waals surface area contributed by atoms with E-state index >= 15 is 0 Å². The molecule has 6 heteroatoms. The van der Waals surface area contributed by atoms with Crippen LogP contribution in [0, 0.1) is 0 Å². The topological polar surface area (TPSA) is 90.4 Å². The van der Waals surface area contributed by atoms with Crippen molar-refractivity contribution in [2.24, 2.45) is 0 Å². The van der Waals surface area contributed by atoms with Gasteiger partial charge in [-0.05, 0) is 18.2 Å². The van der Waals surface area contributed by atoms with Gasteiger partial charge < -0.3 is 15.2 Å². The number of carbonyl (C=O) groups is 2. The molecule has 0 aliphatic carbocycles. The number of aliphatic hydroxyl groups is 1. The normalized spacial score (nSPS) is 11.3. The average molecular weight is 289 g/mol. The molecule has 0 radical (unpaired) electrons. The summed E-state index contributed by atoms with van der Waals surface area (Å²) in [6, 6.07) is 11.2. The van der Waals surface area contributed by atoms with E-state index in [1.165, 1.54) is 11.8 Å². The van der Waals surface area contributed by atoms with Crippen LogP contribution in [0.2, 0.25) is 0 Å². The van der Waals surface area contributed by atoms with E-state index in [1.807, 2.05) is 30.3 Å². The first kappa shape index (κ1) is 14.0. The molecule has 0 amide bonds. The molecule has 0 spiro atoms.